The monoisotopic (exact) mass is 276 g/mol. The minimum atomic E-state index is -0.668. The Balaban J connectivity index is 1.98. The van der Waals surface area contributed by atoms with Crippen LogP contribution in [0.1, 0.15) is 25.0 Å². The van der Waals surface area contributed by atoms with Crippen molar-refractivity contribution in [3.05, 3.63) is 48.0 Å². The maximum atomic E-state index is 11.5. The molecule has 0 spiro atoms. The summed E-state index contributed by atoms with van der Waals surface area (Å²) in [6.45, 7) is 6.04. The van der Waals surface area contributed by atoms with Crippen LogP contribution in [0.3, 0.4) is 0 Å². The summed E-state index contributed by atoms with van der Waals surface area (Å²) in [7, 11) is 0. The molecule has 0 radical (unpaired) electrons. The number of hydrogen-bond acceptors (Lipinski definition) is 4. The van der Waals surface area contributed by atoms with Gasteiger partial charge >= 0.3 is 5.97 Å². The highest BCUT2D eigenvalue weighted by molar-refractivity contribution is 5.86. The van der Waals surface area contributed by atoms with Gasteiger partial charge in [0.05, 0.1) is 25.4 Å². The molecule has 1 aliphatic heterocycles. The topological polar surface area (TPSA) is 59.1 Å². The molecule has 108 valence electrons. The maximum Gasteiger partial charge on any atom is 0.333 e. The smallest absolute Gasteiger partial charge is 0.333 e. The van der Waals surface area contributed by atoms with Crippen molar-refractivity contribution in [2.45, 2.75) is 25.6 Å². The Hall–Kier alpha value is -1.65. The number of carbonyl (C=O) groups is 1. The zero-order valence-electron chi connectivity index (χ0n) is 11.6. The molecule has 1 aromatic carbocycles. The molecule has 1 N–H and O–H groups in total. The molecular formula is C16H20O4. The lowest BCUT2D eigenvalue weighted by Gasteiger charge is -2.22. The van der Waals surface area contributed by atoms with E-state index >= 15 is 0 Å². The second kappa shape index (κ2) is 6.68. The van der Waals surface area contributed by atoms with Gasteiger partial charge in [-0.15, -0.1) is 0 Å². The van der Waals surface area contributed by atoms with Gasteiger partial charge in [-0.25, -0.2) is 4.79 Å². The third-order valence-electron chi connectivity index (χ3n) is 3.33. The van der Waals surface area contributed by atoms with Gasteiger partial charge in [-0.05, 0) is 18.9 Å². The van der Waals surface area contributed by atoms with Crippen molar-refractivity contribution in [1.82, 2.24) is 0 Å². The van der Waals surface area contributed by atoms with Crippen molar-refractivity contribution in [3.63, 3.8) is 0 Å². The molecule has 0 bridgehead atoms. The van der Waals surface area contributed by atoms with E-state index in [2.05, 4.69) is 6.58 Å². The predicted octanol–water partition coefficient (Wildman–Crippen LogP) is 2.24. The van der Waals surface area contributed by atoms with E-state index in [9.17, 15) is 9.90 Å². The fraction of sp³-hybridized carbons (Fsp3) is 0.438. The molecule has 1 saturated heterocycles. The van der Waals surface area contributed by atoms with E-state index in [1.165, 1.54) is 0 Å². The Morgan fingerprint density at radius 1 is 1.50 bits per heavy atom. The summed E-state index contributed by atoms with van der Waals surface area (Å²) in [6.07, 6.45) is 0.180. The Kier molecular flexibility index (Phi) is 4.93. The molecule has 1 aliphatic rings. The molecule has 0 saturated carbocycles. The van der Waals surface area contributed by atoms with Crippen LogP contribution in [0, 0.1) is 5.92 Å². The van der Waals surface area contributed by atoms with E-state index in [-0.39, 0.29) is 18.6 Å². The molecule has 1 heterocycles. The summed E-state index contributed by atoms with van der Waals surface area (Å²) >= 11 is 0. The normalized spacial score (nSPS) is 20.0. The van der Waals surface area contributed by atoms with Crippen LogP contribution in [0.25, 0.3) is 0 Å². The van der Waals surface area contributed by atoms with Crippen molar-refractivity contribution >= 4 is 5.97 Å². The first-order chi connectivity index (χ1) is 9.58. The molecule has 20 heavy (non-hydrogen) atoms. The quantitative estimate of drug-likeness (QED) is 0.471. The zero-order chi connectivity index (χ0) is 14.5. The number of carbonyl (C=O) groups excluding carboxylic acids is 1. The van der Waals surface area contributed by atoms with Crippen molar-refractivity contribution in [1.29, 1.82) is 0 Å². The lowest BCUT2D eigenvalue weighted by molar-refractivity contribution is -0.141. The van der Waals surface area contributed by atoms with Gasteiger partial charge in [0.2, 0.25) is 0 Å². The van der Waals surface area contributed by atoms with E-state index in [0.717, 1.165) is 5.56 Å². The molecule has 0 aliphatic carbocycles. The first-order valence-electron chi connectivity index (χ1n) is 6.75. The van der Waals surface area contributed by atoms with E-state index in [0.29, 0.717) is 18.6 Å². The van der Waals surface area contributed by atoms with Gasteiger partial charge in [0, 0.05) is 11.5 Å². The summed E-state index contributed by atoms with van der Waals surface area (Å²) in [4.78, 5) is 11.5. The molecule has 4 heteroatoms. The molecule has 1 fully saturated rings. The SMILES string of the molecule is C=C(C)C(=O)OCC(CC1CO1)C(O)c1ccccc1. The second-order valence-electron chi connectivity index (χ2n) is 5.19. The molecule has 3 atom stereocenters. The Bertz CT molecular complexity index is 465. The number of aliphatic hydroxyl groups excluding tert-OH is 1. The number of epoxide rings is 1. The highest BCUT2D eigenvalue weighted by atomic mass is 16.6. The summed E-state index contributed by atoms with van der Waals surface area (Å²) in [5, 5.41) is 10.4. The highest BCUT2D eigenvalue weighted by Crippen LogP contribution is 2.30. The van der Waals surface area contributed by atoms with Crippen LogP contribution in [0.4, 0.5) is 0 Å². The Labute approximate surface area is 119 Å². The average molecular weight is 276 g/mol. The number of rotatable bonds is 7. The van der Waals surface area contributed by atoms with E-state index in [4.69, 9.17) is 9.47 Å². The maximum absolute atomic E-state index is 11.5. The van der Waals surface area contributed by atoms with Gasteiger partial charge < -0.3 is 14.6 Å². The zero-order valence-corrected chi connectivity index (χ0v) is 11.6. The van der Waals surface area contributed by atoms with Gasteiger partial charge in [0.1, 0.15) is 0 Å². The third-order valence-corrected chi connectivity index (χ3v) is 3.33. The minimum Gasteiger partial charge on any atom is -0.462 e. The summed E-state index contributed by atoms with van der Waals surface area (Å²) in [5.41, 5.74) is 1.19. The van der Waals surface area contributed by atoms with Gasteiger partial charge in [0.15, 0.2) is 0 Å². The number of ether oxygens (including phenoxy) is 2. The molecule has 3 unspecified atom stereocenters. The van der Waals surface area contributed by atoms with Crippen LogP contribution in [-0.4, -0.2) is 30.4 Å². The largest absolute Gasteiger partial charge is 0.462 e. The minimum absolute atomic E-state index is 0.168. The van der Waals surface area contributed by atoms with E-state index < -0.39 is 12.1 Å². The van der Waals surface area contributed by atoms with E-state index in [1.807, 2.05) is 30.3 Å². The summed E-state index contributed by atoms with van der Waals surface area (Å²) in [5.74, 6) is -0.597. The Morgan fingerprint density at radius 3 is 2.70 bits per heavy atom. The average Bonchev–Trinajstić information content (AvgIpc) is 3.27. The summed E-state index contributed by atoms with van der Waals surface area (Å²) in [6, 6.07) is 9.39. The standard InChI is InChI=1S/C16H20O4/c1-11(2)16(18)20-9-13(8-14-10-19-14)15(17)12-6-4-3-5-7-12/h3-7,13-15,17H,1,8-10H2,2H3. The van der Waals surface area contributed by atoms with Crippen LogP contribution >= 0.6 is 0 Å². The summed E-state index contributed by atoms with van der Waals surface area (Å²) < 4.78 is 10.4. The van der Waals surface area contributed by atoms with Crippen LogP contribution in [0.5, 0.6) is 0 Å². The van der Waals surface area contributed by atoms with Crippen LogP contribution in [0.15, 0.2) is 42.5 Å². The van der Waals surface area contributed by atoms with Crippen molar-refractivity contribution in [2.24, 2.45) is 5.92 Å². The molecular weight excluding hydrogens is 256 g/mol. The predicted molar refractivity (Wildman–Crippen MR) is 75.0 cm³/mol. The van der Waals surface area contributed by atoms with Gasteiger partial charge in [-0.2, -0.15) is 0 Å². The van der Waals surface area contributed by atoms with Gasteiger partial charge in [-0.1, -0.05) is 36.9 Å². The number of hydrogen-bond donors (Lipinski definition) is 1. The number of esters is 1. The van der Waals surface area contributed by atoms with Gasteiger partial charge in [-0.3, -0.25) is 0 Å². The van der Waals surface area contributed by atoms with Gasteiger partial charge in [0.25, 0.3) is 0 Å². The fourth-order valence-electron chi connectivity index (χ4n) is 2.06. The lowest BCUT2D eigenvalue weighted by Crippen LogP contribution is -2.22. The second-order valence-corrected chi connectivity index (χ2v) is 5.19. The third kappa shape index (κ3) is 4.18. The first-order valence-corrected chi connectivity index (χ1v) is 6.75. The molecule has 0 aromatic heterocycles. The first kappa shape index (κ1) is 14.8. The van der Waals surface area contributed by atoms with Crippen molar-refractivity contribution < 1.29 is 19.4 Å². The fourth-order valence-corrected chi connectivity index (χ4v) is 2.06. The van der Waals surface area contributed by atoms with Crippen LogP contribution < -0.4 is 0 Å². The number of aliphatic hydroxyl groups is 1. The van der Waals surface area contributed by atoms with Crippen molar-refractivity contribution in [2.75, 3.05) is 13.2 Å². The van der Waals surface area contributed by atoms with E-state index in [1.54, 1.807) is 6.92 Å². The Morgan fingerprint density at radius 2 is 2.15 bits per heavy atom. The van der Waals surface area contributed by atoms with Crippen LogP contribution in [-0.2, 0) is 14.3 Å². The number of benzene rings is 1. The lowest BCUT2D eigenvalue weighted by atomic mass is 9.92. The molecule has 2 rings (SSSR count). The molecule has 4 nitrogen and oxygen atoms in total. The van der Waals surface area contributed by atoms with Crippen molar-refractivity contribution in [3.8, 4) is 0 Å². The highest BCUT2D eigenvalue weighted by Gasteiger charge is 2.32. The molecule has 0 amide bonds. The van der Waals surface area contributed by atoms with Crippen LogP contribution in [0.2, 0.25) is 0 Å². The molecule has 1 aromatic rings.